The lowest BCUT2D eigenvalue weighted by Gasteiger charge is -2.34. The molecule has 1 aliphatic rings. The zero-order chi connectivity index (χ0) is 17.0. The van der Waals surface area contributed by atoms with Crippen LogP contribution in [0.1, 0.15) is 50.7 Å². The predicted octanol–water partition coefficient (Wildman–Crippen LogP) is 3.83. The highest BCUT2D eigenvalue weighted by Gasteiger charge is 2.24. The van der Waals surface area contributed by atoms with Crippen LogP contribution in [0.5, 0.6) is 0 Å². The van der Waals surface area contributed by atoms with Crippen LogP contribution in [0.3, 0.4) is 0 Å². The number of carbonyl (C=O) groups is 1. The number of piperidine rings is 1. The van der Waals surface area contributed by atoms with Gasteiger partial charge in [-0.15, -0.1) is 0 Å². The Bertz CT molecular complexity index is 558. The summed E-state index contributed by atoms with van der Waals surface area (Å²) in [6.07, 6.45) is 2.97. The third kappa shape index (κ3) is 5.28. The van der Waals surface area contributed by atoms with E-state index in [1.54, 1.807) is 0 Å². The molecule has 0 N–H and O–H groups in total. The molecule has 1 atom stereocenters. The molecule has 23 heavy (non-hydrogen) atoms. The lowest BCUT2D eigenvalue weighted by molar-refractivity contribution is -0.891. The van der Waals surface area contributed by atoms with Gasteiger partial charge in [0.05, 0.1) is 33.1 Å². The fourth-order valence-corrected chi connectivity index (χ4v) is 3.02. The van der Waals surface area contributed by atoms with Crippen molar-refractivity contribution >= 4 is 11.6 Å². The summed E-state index contributed by atoms with van der Waals surface area (Å²) < 4.78 is 1.03. The van der Waals surface area contributed by atoms with Gasteiger partial charge in [0.25, 0.3) is 5.91 Å². The van der Waals surface area contributed by atoms with E-state index in [0.717, 1.165) is 48.1 Å². The predicted molar refractivity (Wildman–Crippen MR) is 96.9 cm³/mol. The van der Waals surface area contributed by atoms with Gasteiger partial charge in [-0.2, -0.15) is 0 Å². The van der Waals surface area contributed by atoms with Gasteiger partial charge in [-0.25, -0.2) is 4.99 Å². The molecule has 1 aromatic carbocycles. The fraction of sp³-hybridized carbons (Fsp3) is 0.600. The van der Waals surface area contributed by atoms with Crippen molar-refractivity contribution in [3.05, 3.63) is 35.4 Å². The second kappa shape index (κ2) is 7.39. The molecule has 1 amide bonds. The van der Waals surface area contributed by atoms with Gasteiger partial charge < -0.3 is 4.48 Å². The van der Waals surface area contributed by atoms with Gasteiger partial charge in [-0.1, -0.05) is 38.1 Å². The highest BCUT2D eigenvalue weighted by atomic mass is 16.1. The number of nitrogens with zero attached hydrogens (tertiary/aromatic N) is 2. The first kappa shape index (κ1) is 17.9. The third-order valence-electron chi connectivity index (χ3n) is 4.77. The lowest BCUT2D eigenvalue weighted by Crippen LogP contribution is -2.46. The second-order valence-electron chi connectivity index (χ2n) is 7.96. The Balaban J connectivity index is 1.99. The lowest BCUT2D eigenvalue weighted by atomic mass is 9.96. The summed E-state index contributed by atoms with van der Waals surface area (Å²) in [7, 11) is 4.47. The van der Waals surface area contributed by atoms with Crippen molar-refractivity contribution in [2.24, 2.45) is 10.9 Å². The maximum absolute atomic E-state index is 12.4. The quantitative estimate of drug-likeness (QED) is 0.777. The Morgan fingerprint density at radius 2 is 1.65 bits per heavy atom. The molecule has 0 spiro atoms. The first-order chi connectivity index (χ1) is 10.8. The molecule has 1 heterocycles. The molecular weight excluding hydrogens is 284 g/mol. The summed E-state index contributed by atoms with van der Waals surface area (Å²) in [5.74, 6) is 0.504. The topological polar surface area (TPSA) is 29.4 Å². The molecular formula is C20H31N2O+. The second-order valence-corrected chi connectivity index (χ2v) is 7.96. The zero-order valence-electron chi connectivity index (χ0n) is 15.3. The average Bonchev–Trinajstić information content (AvgIpc) is 2.49. The zero-order valence-corrected chi connectivity index (χ0v) is 15.3. The van der Waals surface area contributed by atoms with Crippen LogP contribution in [0, 0.1) is 5.92 Å². The number of rotatable bonds is 4. The molecule has 3 nitrogen and oxygen atoms in total. The van der Waals surface area contributed by atoms with Crippen molar-refractivity contribution in [2.45, 2.75) is 46.0 Å². The van der Waals surface area contributed by atoms with Crippen LogP contribution in [-0.2, 0) is 11.2 Å². The molecule has 0 saturated carbocycles. The smallest absolute Gasteiger partial charge is 0.252 e. The fourth-order valence-electron chi connectivity index (χ4n) is 3.02. The minimum absolute atomic E-state index is 0.00353. The van der Waals surface area contributed by atoms with Crippen LogP contribution in [-0.4, -0.2) is 43.3 Å². The van der Waals surface area contributed by atoms with E-state index in [4.69, 9.17) is 0 Å². The molecule has 1 saturated heterocycles. The Morgan fingerprint density at radius 3 is 2.17 bits per heavy atom. The Hall–Kier alpha value is -1.48. The van der Waals surface area contributed by atoms with E-state index >= 15 is 0 Å². The summed E-state index contributed by atoms with van der Waals surface area (Å²) in [4.78, 5) is 16.9. The molecule has 0 bridgehead atoms. The van der Waals surface area contributed by atoms with Gasteiger partial charge in [0.1, 0.15) is 0 Å². The van der Waals surface area contributed by atoms with E-state index in [2.05, 4.69) is 57.2 Å². The van der Waals surface area contributed by atoms with Crippen molar-refractivity contribution in [1.29, 1.82) is 0 Å². The molecule has 3 heteroatoms. The van der Waals surface area contributed by atoms with Gasteiger partial charge in [-0.05, 0) is 30.4 Å². The minimum atomic E-state index is -0.153. The SMILES string of the molecule is CC(C)Cc1ccc([C@@H](C)C(=O)N=C2CC[N+](C)(C)CC2)cc1. The Kier molecular flexibility index (Phi) is 5.74. The highest BCUT2D eigenvalue weighted by Crippen LogP contribution is 2.20. The van der Waals surface area contributed by atoms with E-state index in [0.29, 0.717) is 5.92 Å². The molecule has 1 aromatic rings. The van der Waals surface area contributed by atoms with Crippen LogP contribution in [0.25, 0.3) is 0 Å². The van der Waals surface area contributed by atoms with E-state index in [-0.39, 0.29) is 11.8 Å². The number of hydrogen-bond acceptors (Lipinski definition) is 1. The number of hydrogen-bond donors (Lipinski definition) is 0. The van der Waals surface area contributed by atoms with Crippen LogP contribution in [0.2, 0.25) is 0 Å². The normalized spacial score (nSPS) is 18.8. The number of quaternary nitrogens is 1. The molecule has 1 aliphatic heterocycles. The van der Waals surface area contributed by atoms with Gasteiger partial charge >= 0.3 is 0 Å². The summed E-state index contributed by atoms with van der Waals surface area (Å²) >= 11 is 0. The van der Waals surface area contributed by atoms with Gasteiger partial charge in [0.2, 0.25) is 0 Å². The molecule has 0 aromatic heterocycles. The molecule has 126 valence electrons. The first-order valence-corrected chi connectivity index (χ1v) is 8.78. The standard InChI is InChI=1S/C20H31N2O/c1-15(2)14-17-6-8-18(9-7-17)16(3)20(23)21-19-10-12-22(4,5)13-11-19/h6-9,15-16H,10-14H2,1-5H3/q+1/t16-/m1/s1. The molecule has 2 rings (SSSR count). The maximum atomic E-state index is 12.4. The molecule has 1 fully saturated rings. The average molecular weight is 315 g/mol. The first-order valence-electron chi connectivity index (χ1n) is 8.78. The number of benzene rings is 1. The van der Waals surface area contributed by atoms with Crippen LogP contribution in [0.15, 0.2) is 29.3 Å². The Labute approximate surface area is 141 Å². The van der Waals surface area contributed by atoms with Crippen molar-refractivity contribution in [1.82, 2.24) is 0 Å². The summed E-state index contributed by atoms with van der Waals surface area (Å²) in [5, 5.41) is 0. The van der Waals surface area contributed by atoms with E-state index < -0.39 is 0 Å². The highest BCUT2D eigenvalue weighted by molar-refractivity contribution is 5.98. The number of aliphatic imine (C=N–C) groups is 1. The maximum Gasteiger partial charge on any atom is 0.252 e. The molecule has 0 radical (unpaired) electrons. The third-order valence-corrected chi connectivity index (χ3v) is 4.77. The van der Waals surface area contributed by atoms with Crippen molar-refractivity contribution < 1.29 is 9.28 Å². The number of amides is 1. The van der Waals surface area contributed by atoms with Crippen molar-refractivity contribution in [3.63, 3.8) is 0 Å². The largest absolute Gasteiger partial charge is 0.328 e. The summed E-state index contributed by atoms with van der Waals surface area (Å²) in [6, 6.07) is 8.46. The van der Waals surface area contributed by atoms with Crippen LogP contribution in [0.4, 0.5) is 0 Å². The minimum Gasteiger partial charge on any atom is -0.328 e. The van der Waals surface area contributed by atoms with E-state index in [1.807, 2.05) is 6.92 Å². The van der Waals surface area contributed by atoms with Gasteiger partial charge in [0.15, 0.2) is 0 Å². The van der Waals surface area contributed by atoms with Crippen molar-refractivity contribution in [3.8, 4) is 0 Å². The number of likely N-dealkylation sites (tertiary alicyclic amines) is 1. The van der Waals surface area contributed by atoms with Crippen molar-refractivity contribution in [2.75, 3.05) is 27.2 Å². The van der Waals surface area contributed by atoms with Crippen LogP contribution < -0.4 is 0 Å². The summed E-state index contributed by atoms with van der Waals surface area (Å²) in [6.45, 7) is 8.56. The molecule has 0 unspecified atom stereocenters. The van der Waals surface area contributed by atoms with E-state index in [1.165, 1.54) is 5.56 Å². The number of carbonyl (C=O) groups excluding carboxylic acids is 1. The van der Waals surface area contributed by atoms with Crippen LogP contribution >= 0.6 is 0 Å². The summed E-state index contributed by atoms with van der Waals surface area (Å²) in [5.41, 5.74) is 3.48. The Morgan fingerprint density at radius 1 is 1.09 bits per heavy atom. The van der Waals surface area contributed by atoms with Gasteiger partial charge in [0, 0.05) is 18.6 Å². The molecule has 0 aliphatic carbocycles. The van der Waals surface area contributed by atoms with E-state index in [9.17, 15) is 4.79 Å². The monoisotopic (exact) mass is 315 g/mol. The van der Waals surface area contributed by atoms with Gasteiger partial charge in [-0.3, -0.25) is 4.79 Å².